The molecule has 2 unspecified atom stereocenters. The van der Waals surface area contributed by atoms with Crippen LogP contribution in [0.25, 0.3) is 0 Å². The summed E-state index contributed by atoms with van der Waals surface area (Å²) in [5, 5.41) is 0. The summed E-state index contributed by atoms with van der Waals surface area (Å²) in [6, 6.07) is 0. The van der Waals surface area contributed by atoms with E-state index in [0.717, 1.165) is 0 Å². The summed E-state index contributed by atoms with van der Waals surface area (Å²) in [6.07, 6.45) is 2.21. The quantitative estimate of drug-likeness (QED) is 0.555. The van der Waals surface area contributed by atoms with E-state index in [-0.39, 0.29) is 0 Å². The first-order chi connectivity index (χ1) is 5.30. The molecule has 0 amide bonds. The molecule has 0 nitrogen and oxygen atoms in total. The maximum atomic E-state index is 4.16. The van der Waals surface area contributed by atoms with Crippen LogP contribution in [0.15, 0.2) is 12.2 Å². The van der Waals surface area contributed by atoms with Crippen molar-refractivity contribution in [2.75, 3.05) is 0 Å². The molecule has 0 spiro atoms. The number of rotatable bonds is 3. The summed E-state index contributed by atoms with van der Waals surface area (Å²) in [7, 11) is 0. The Morgan fingerprint density at radius 1 is 1.25 bits per heavy atom. The minimum absolute atomic E-state index is 0.342. The maximum Gasteiger partial charge on any atom is -0.0183 e. The van der Waals surface area contributed by atoms with Crippen LogP contribution in [0.4, 0.5) is 0 Å². The molecule has 1 radical (unpaired) electrons. The van der Waals surface area contributed by atoms with Gasteiger partial charge in [-0.2, -0.15) is 0 Å². The van der Waals surface area contributed by atoms with Crippen LogP contribution in [0.1, 0.15) is 41.5 Å². The summed E-state index contributed by atoms with van der Waals surface area (Å²) in [6.45, 7) is 17.5. The topological polar surface area (TPSA) is 0 Å². The first-order valence-electron chi connectivity index (χ1n) is 4.78. The van der Waals surface area contributed by atoms with Crippen LogP contribution < -0.4 is 0 Å². The highest BCUT2D eigenvalue weighted by Crippen LogP contribution is 2.34. The van der Waals surface area contributed by atoms with Crippen LogP contribution in [0.3, 0.4) is 0 Å². The molecule has 0 bridgehead atoms. The molecule has 0 heteroatoms. The van der Waals surface area contributed by atoms with Gasteiger partial charge in [0.15, 0.2) is 0 Å². The minimum atomic E-state index is 0.342. The molecule has 0 saturated heterocycles. The molecule has 0 aromatic carbocycles. The van der Waals surface area contributed by atoms with Crippen molar-refractivity contribution in [1.29, 1.82) is 0 Å². The zero-order valence-electron chi connectivity index (χ0n) is 9.44. The number of hydrogen-bond acceptors (Lipinski definition) is 0. The molecular formula is C12H23. The molecule has 0 heterocycles. The smallest absolute Gasteiger partial charge is 0.0183 e. The second-order valence-corrected chi connectivity index (χ2v) is 4.78. The maximum absolute atomic E-state index is 4.16. The molecule has 0 N–H and O–H groups in total. The fourth-order valence-corrected chi connectivity index (χ4v) is 1.16. The van der Waals surface area contributed by atoms with Gasteiger partial charge in [0.05, 0.1) is 0 Å². The lowest BCUT2D eigenvalue weighted by atomic mass is 9.74. The van der Waals surface area contributed by atoms with Gasteiger partial charge in [-0.05, 0) is 23.7 Å². The largest absolute Gasteiger partial charge is 0.0993 e. The average Bonchev–Trinajstić information content (AvgIpc) is 1.98. The Morgan fingerprint density at radius 2 is 1.67 bits per heavy atom. The first-order valence-corrected chi connectivity index (χ1v) is 4.78. The highest BCUT2D eigenvalue weighted by atomic mass is 14.3. The van der Waals surface area contributed by atoms with E-state index < -0.39 is 0 Å². The lowest BCUT2D eigenvalue weighted by molar-refractivity contribution is 0.288. The molecule has 12 heavy (non-hydrogen) atoms. The Morgan fingerprint density at radius 3 is 1.92 bits per heavy atom. The lowest BCUT2D eigenvalue weighted by Crippen LogP contribution is -2.21. The van der Waals surface area contributed by atoms with Crippen LogP contribution in [0.2, 0.25) is 0 Å². The van der Waals surface area contributed by atoms with E-state index >= 15 is 0 Å². The molecule has 0 saturated carbocycles. The number of allylic oxidation sites excluding steroid dienone is 1. The van der Waals surface area contributed by atoms with Gasteiger partial charge in [-0.3, -0.25) is 0 Å². The van der Waals surface area contributed by atoms with Gasteiger partial charge in [0, 0.05) is 0 Å². The van der Waals surface area contributed by atoms with E-state index in [1.165, 1.54) is 5.57 Å². The Labute approximate surface area is 78.1 Å². The fraction of sp³-hybridized carbons (Fsp3) is 0.750. The summed E-state index contributed by atoms with van der Waals surface area (Å²) < 4.78 is 0. The molecule has 0 fully saturated rings. The summed E-state index contributed by atoms with van der Waals surface area (Å²) in [5.74, 6) is 1.13. The zero-order chi connectivity index (χ0) is 9.94. The van der Waals surface area contributed by atoms with Crippen molar-refractivity contribution >= 4 is 0 Å². The molecule has 0 aliphatic carbocycles. The highest BCUT2D eigenvalue weighted by molar-refractivity contribution is 5.09. The van der Waals surface area contributed by atoms with Crippen molar-refractivity contribution in [3.8, 4) is 0 Å². The monoisotopic (exact) mass is 167 g/mol. The number of hydrogen-bond donors (Lipinski definition) is 0. The SMILES string of the molecule is C=C(C(C)[CH]C)C(C)C(C)(C)C. The summed E-state index contributed by atoms with van der Waals surface area (Å²) in [5.41, 5.74) is 1.69. The third-order valence-corrected chi connectivity index (χ3v) is 2.94. The van der Waals surface area contributed by atoms with Crippen LogP contribution in [-0.2, 0) is 0 Å². The Balaban J connectivity index is 4.30. The van der Waals surface area contributed by atoms with Crippen LogP contribution in [0.5, 0.6) is 0 Å². The van der Waals surface area contributed by atoms with Crippen molar-refractivity contribution in [1.82, 2.24) is 0 Å². The van der Waals surface area contributed by atoms with E-state index in [2.05, 4.69) is 54.5 Å². The Hall–Kier alpha value is -0.260. The van der Waals surface area contributed by atoms with Gasteiger partial charge in [-0.25, -0.2) is 0 Å². The molecule has 0 aromatic heterocycles. The predicted octanol–water partition coefficient (Wildman–Crippen LogP) is 4.09. The molecular weight excluding hydrogens is 144 g/mol. The molecule has 0 rings (SSSR count). The molecule has 0 aliphatic heterocycles. The zero-order valence-corrected chi connectivity index (χ0v) is 9.44. The molecule has 0 aromatic rings. The average molecular weight is 167 g/mol. The van der Waals surface area contributed by atoms with E-state index in [4.69, 9.17) is 0 Å². The van der Waals surface area contributed by atoms with Gasteiger partial charge in [-0.1, -0.05) is 53.7 Å². The van der Waals surface area contributed by atoms with Gasteiger partial charge in [0.1, 0.15) is 0 Å². The van der Waals surface area contributed by atoms with Crippen molar-refractivity contribution < 1.29 is 0 Å². The van der Waals surface area contributed by atoms with E-state index in [9.17, 15) is 0 Å². The van der Waals surface area contributed by atoms with Crippen molar-refractivity contribution in [2.24, 2.45) is 17.3 Å². The van der Waals surface area contributed by atoms with Crippen LogP contribution in [0, 0.1) is 23.7 Å². The highest BCUT2D eigenvalue weighted by Gasteiger charge is 2.24. The molecule has 0 aliphatic rings. The minimum Gasteiger partial charge on any atom is -0.0993 e. The standard InChI is InChI=1S/C12H23/c1-8-9(2)10(3)11(4)12(5,6)7/h8-9,11H,3H2,1-2,4-7H3. The van der Waals surface area contributed by atoms with Gasteiger partial charge in [-0.15, -0.1) is 0 Å². The van der Waals surface area contributed by atoms with Gasteiger partial charge >= 0.3 is 0 Å². The third kappa shape index (κ3) is 3.00. The summed E-state index contributed by atoms with van der Waals surface area (Å²) in [4.78, 5) is 0. The fourth-order valence-electron chi connectivity index (χ4n) is 1.16. The summed E-state index contributed by atoms with van der Waals surface area (Å²) >= 11 is 0. The van der Waals surface area contributed by atoms with E-state index in [1.807, 2.05) is 0 Å². The Kier molecular flexibility index (Phi) is 4.02. The van der Waals surface area contributed by atoms with Gasteiger partial charge in [0.2, 0.25) is 0 Å². The normalized spacial score (nSPS) is 17.2. The molecule has 71 valence electrons. The lowest BCUT2D eigenvalue weighted by Gasteiger charge is -2.31. The first kappa shape index (κ1) is 11.7. The van der Waals surface area contributed by atoms with Crippen LogP contribution >= 0.6 is 0 Å². The van der Waals surface area contributed by atoms with E-state index in [1.54, 1.807) is 0 Å². The van der Waals surface area contributed by atoms with Crippen molar-refractivity contribution in [2.45, 2.75) is 41.5 Å². The van der Waals surface area contributed by atoms with Crippen molar-refractivity contribution in [3.63, 3.8) is 0 Å². The predicted molar refractivity (Wildman–Crippen MR) is 56.9 cm³/mol. The Bertz CT molecular complexity index is 148. The van der Waals surface area contributed by atoms with Gasteiger partial charge in [0.25, 0.3) is 0 Å². The molecule has 2 atom stereocenters. The second kappa shape index (κ2) is 4.11. The third-order valence-electron chi connectivity index (χ3n) is 2.94. The van der Waals surface area contributed by atoms with Crippen molar-refractivity contribution in [3.05, 3.63) is 18.6 Å². The second-order valence-electron chi connectivity index (χ2n) is 4.78. The van der Waals surface area contributed by atoms with Crippen LogP contribution in [-0.4, -0.2) is 0 Å². The van der Waals surface area contributed by atoms with Gasteiger partial charge < -0.3 is 0 Å². The van der Waals surface area contributed by atoms with E-state index in [0.29, 0.717) is 17.3 Å².